The number of anilines is 1. The first kappa shape index (κ1) is 16.6. The van der Waals surface area contributed by atoms with Gasteiger partial charge in [-0.2, -0.15) is 5.10 Å². The Labute approximate surface area is 145 Å². The minimum atomic E-state index is -0.744. The summed E-state index contributed by atoms with van der Waals surface area (Å²) in [6.07, 6.45) is 3.17. The standard InChI is InChI=1S/C19H18N4O2/c1-13-3-5-15(6-4-13)17-7-8-18(24)23(22-17)14(2)19(25)21-16-9-11-20-12-10-16/h3-12,14H,1-2H3,(H,20,21,25)/t14-/m0/s1. The average molecular weight is 334 g/mol. The van der Waals surface area contributed by atoms with Gasteiger partial charge in [0.2, 0.25) is 5.91 Å². The molecule has 1 atom stereocenters. The molecule has 1 aromatic carbocycles. The number of nitrogens with one attached hydrogen (secondary N) is 1. The summed E-state index contributed by atoms with van der Waals surface area (Å²) in [5.41, 5.74) is 2.97. The van der Waals surface area contributed by atoms with E-state index in [0.717, 1.165) is 11.1 Å². The van der Waals surface area contributed by atoms with E-state index in [1.165, 1.54) is 10.7 Å². The first-order valence-electron chi connectivity index (χ1n) is 7.92. The monoisotopic (exact) mass is 334 g/mol. The van der Waals surface area contributed by atoms with Crippen molar-refractivity contribution in [3.8, 4) is 11.3 Å². The molecule has 3 aromatic rings. The lowest BCUT2D eigenvalue weighted by Gasteiger charge is -2.15. The molecule has 2 heterocycles. The van der Waals surface area contributed by atoms with Crippen molar-refractivity contribution < 1.29 is 4.79 Å². The summed E-state index contributed by atoms with van der Waals surface area (Å²) in [5, 5.41) is 7.12. The van der Waals surface area contributed by atoms with Gasteiger partial charge >= 0.3 is 0 Å². The van der Waals surface area contributed by atoms with Crippen LogP contribution in [0.25, 0.3) is 11.3 Å². The van der Waals surface area contributed by atoms with Crippen molar-refractivity contribution in [1.29, 1.82) is 0 Å². The Morgan fingerprint density at radius 3 is 2.40 bits per heavy atom. The SMILES string of the molecule is Cc1ccc(-c2ccc(=O)n([C@@H](C)C(=O)Nc3ccncc3)n2)cc1. The minimum Gasteiger partial charge on any atom is -0.324 e. The van der Waals surface area contributed by atoms with Gasteiger partial charge in [-0.3, -0.25) is 14.6 Å². The van der Waals surface area contributed by atoms with Crippen LogP contribution in [-0.4, -0.2) is 20.7 Å². The topological polar surface area (TPSA) is 76.9 Å². The number of hydrogen-bond donors (Lipinski definition) is 1. The molecule has 0 aliphatic heterocycles. The van der Waals surface area contributed by atoms with E-state index in [9.17, 15) is 9.59 Å². The molecular weight excluding hydrogens is 316 g/mol. The Morgan fingerprint density at radius 2 is 1.72 bits per heavy atom. The number of nitrogens with zero attached hydrogens (tertiary/aromatic N) is 3. The third-order valence-corrected chi connectivity index (χ3v) is 3.87. The van der Waals surface area contributed by atoms with E-state index in [2.05, 4.69) is 15.4 Å². The van der Waals surface area contributed by atoms with E-state index in [1.54, 1.807) is 37.5 Å². The number of hydrogen-bond acceptors (Lipinski definition) is 4. The van der Waals surface area contributed by atoms with Crippen LogP contribution in [0, 0.1) is 6.92 Å². The molecule has 0 aliphatic carbocycles. The van der Waals surface area contributed by atoms with Crippen LogP contribution in [0.1, 0.15) is 18.5 Å². The second-order valence-electron chi connectivity index (χ2n) is 5.77. The molecule has 0 bridgehead atoms. The fraction of sp³-hybridized carbons (Fsp3) is 0.158. The Balaban J connectivity index is 1.88. The number of amides is 1. The summed E-state index contributed by atoms with van der Waals surface area (Å²) in [6.45, 7) is 3.65. The molecule has 0 spiro atoms. The van der Waals surface area contributed by atoms with Crippen molar-refractivity contribution in [1.82, 2.24) is 14.8 Å². The van der Waals surface area contributed by atoms with Crippen LogP contribution in [0.15, 0.2) is 65.7 Å². The summed E-state index contributed by atoms with van der Waals surface area (Å²) < 4.78 is 1.20. The number of pyridine rings is 1. The molecule has 0 radical (unpaired) electrons. The lowest BCUT2D eigenvalue weighted by molar-refractivity contribution is -0.119. The first-order chi connectivity index (χ1) is 12.0. The van der Waals surface area contributed by atoms with Gasteiger partial charge in [-0.05, 0) is 32.0 Å². The first-order valence-corrected chi connectivity index (χ1v) is 7.92. The average Bonchev–Trinajstić information content (AvgIpc) is 2.63. The molecule has 1 amide bonds. The smallest absolute Gasteiger partial charge is 0.267 e. The number of carbonyl (C=O) groups is 1. The van der Waals surface area contributed by atoms with E-state index in [0.29, 0.717) is 11.4 Å². The maximum atomic E-state index is 12.4. The molecule has 25 heavy (non-hydrogen) atoms. The Hall–Kier alpha value is -3.28. The van der Waals surface area contributed by atoms with Gasteiger partial charge < -0.3 is 5.32 Å². The molecule has 6 nitrogen and oxygen atoms in total. The highest BCUT2D eigenvalue weighted by Gasteiger charge is 2.18. The second-order valence-corrected chi connectivity index (χ2v) is 5.77. The highest BCUT2D eigenvalue weighted by atomic mass is 16.2. The predicted molar refractivity (Wildman–Crippen MR) is 96.2 cm³/mol. The normalized spacial score (nSPS) is 11.8. The molecule has 0 aliphatic rings. The van der Waals surface area contributed by atoms with Gasteiger partial charge in [0, 0.05) is 29.7 Å². The summed E-state index contributed by atoms with van der Waals surface area (Å²) in [7, 11) is 0. The zero-order valence-electron chi connectivity index (χ0n) is 14.0. The predicted octanol–water partition coefficient (Wildman–Crippen LogP) is 2.81. The molecule has 6 heteroatoms. The van der Waals surface area contributed by atoms with Crippen LogP contribution in [0.4, 0.5) is 5.69 Å². The van der Waals surface area contributed by atoms with Crippen molar-refractivity contribution in [2.75, 3.05) is 5.32 Å². The van der Waals surface area contributed by atoms with Gasteiger partial charge in [-0.25, -0.2) is 4.68 Å². The van der Waals surface area contributed by atoms with Crippen LogP contribution in [-0.2, 0) is 4.79 Å². The number of aryl methyl sites for hydroxylation is 1. The molecule has 0 fully saturated rings. The molecule has 1 N–H and O–H groups in total. The van der Waals surface area contributed by atoms with E-state index < -0.39 is 6.04 Å². The van der Waals surface area contributed by atoms with Gasteiger partial charge in [0.15, 0.2) is 0 Å². The maximum absolute atomic E-state index is 12.4. The molecule has 3 rings (SSSR count). The maximum Gasteiger partial charge on any atom is 0.267 e. The van der Waals surface area contributed by atoms with E-state index >= 15 is 0 Å². The summed E-state index contributed by atoms with van der Waals surface area (Å²) >= 11 is 0. The summed E-state index contributed by atoms with van der Waals surface area (Å²) in [6, 6.07) is 13.6. The van der Waals surface area contributed by atoms with Crippen molar-refractivity contribution in [2.24, 2.45) is 0 Å². The number of aromatic nitrogens is 3. The number of rotatable bonds is 4. The third-order valence-electron chi connectivity index (χ3n) is 3.87. The lowest BCUT2D eigenvalue weighted by atomic mass is 10.1. The molecule has 0 saturated carbocycles. The molecule has 2 aromatic heterocycles. The third kappa shape index (κ3) is 3.80. The fourth-order valence-electron chi connectivity index (χ4n) is 2.37. The van der Waals surface area contributed by atoms with Gasteiger partial charge in [0.25, 0.3) is 5.56 Å². The quantitative estimate of drug-likeness (QED) is 0.796. The largest absolute Gasteiger partial charge is 0.324 e. The second kappa shape index (κ2) is 7.09. The van der Waals surface area contributed by atoms with Crippen LogP contribution < -0.4 is 10.9 Å². The van der Waals surface area contributed by atoms with Crippen molar-refractivity contribution in [2.45, 2.75) is 19.9 Å². The molecular formula is C19H18N4O2. The van der Waals surface area contributed by atoms with Crippen molar-refractivity contribution >= 4 is 11.6 Å². The Morgan fingerprint density at radius 1 is 1.04 bits per heavy atom. The number of benzene rings is 1. The fourth-order valence-corrected chi connectivity index (χ4v) is 2.37. The van der Waals surface area contributed by atoms with Crippen LogP contribution in [0.2, 0.25) is 0 Å². The highest BCUT2D eigenvalue weighted by Crippen LogP contribution is 2.17. The molecule has 126 valence electrons. The molecule has 0 unspecified atom stereocenters. The summed E-state index contributed by atoms with van der Waals surface area (Å²) in [5.74, 6) is -0.318. The van der Waals surface area contributed by atoms with E-state index in [-0.39, 0.29) is 11.5 Å². The zero-order valence-corrected chi connectivity index (χ0v) is 14.0. The molecule has 0 saturated heterocycles. The van der Waals surface area contributed by atoms with Gasteiger partial charge in [-0.15, -0.1) is 0 Å². The van der Waals surface area contributed by atoms with Crippen LogP contribution in [0.5, 0.6) is 0 Å². The van der Waals surface area contributed by atoms with Gasteiger partial charge in [-0.1, -0.05) is 29.8 Å². The Kier molecular flexibility index (Phi) is 4.70. The lowest BCUT2D eigenvalue weighted by Crippen LogP contribution is -2.33. The summed E-state index contributed by atoms with van der Waals surface area (Å²) in [4.78, 5) is 28.5. The van der Waals surface area contributed by atoms with Crippen LogP contribution in [0.3, 0.4) is 0 Å². The van der Waals surface area contributed by atoms with Crippen LogP contribution >= 0.6 is 0 Å². The van der Waals surface area contributed by atoms with E-state index in [4.69, 9.17) is 0 Å². The number of carbonyl (C=O) groups excluding carboxylic acids is 1. The van der Waals surface area contributed by atoms with Gasteiger partial charge in [0.1, 0.15) is 6.04 Å². The van der Waals surface area contributed by atoms with E-state index in [1.807, 2.05) is 31.2 Å². The van der Waals surface area contributed by atoms with Gasteiger partial charge in [0.05, 0.1) is 5.69 Å². The Bertz CT molecular complexity index is 934. The minimum absolute atomic E-state index is 0.318. The van der Waals surface area contributed by atoms with Crippen molar-refractivity contribution in [3.05, 3.63) is 76.8 Å². The zero-order chi connectivity index (χ0) is 17.8. The highest BCUT2D eigenvalue weighted by molar-refractivity contribution is 5.93. The van der Waals surface area contributed by atoms with Crippen molar-refractivity contribution in [3.63, 3.8) is 0 Å².